The third-order valence-electron chi connectivity index (χ3n) is 2.24. The van der Waals surface area contributed by atoms with E-state index in [-0.39, 0.29) is 0 Å². The molecule has 2 aromatic rings. The minimum atomic E-state index is -1.02. The largest absolute Gasteiger partial charge is 0.396 e. The molecule has 16 heavy (non-hydrogen) atoms. The molecule has 84 valence electrons. The average Bonchev–Trinajstić information content (AvgIpc) is 2.48. The lowest BCUT2D eigenvalue weighted by atomic mass is 10.2. The minimum absolute atomic E-state index is 0.308. The van der Waals surface area contributed by atoms with E-state index in [1.165, 1.54) is 6.20 Å². The third kappa shape index (κ3) is 1.52. The van der Waals surface area contributed by atoms with Crippen molar-refractivity contribution in [1.29, 1.82) is 0 Å². The molecule has 0 spiro atoms. The molecule has 0 saturated heterocycles. The lowest BCUT2D eigenvalue weighted by molar-refractivity contribution is 0.526. The highest BCUT2D eigenvalue weighted by atomic mass is 19.1. The molecule has 1 aromatic heterocycles. The number of nitrogens with zero attached hydrogens (tertiary/aromatic N) is 2. The molecule has 2 rings (SSSR count). The zero-order valence-electron chi connectivity index (χ0n) is 8.34. The Bertz CT molecular complexity index is 525. The van der Waals surface area contributed by atoms with Crippen molar-refractivity contribution in [3.05, 3.63) is 41.5 Å². The van der Waals surface area contributed by atoms with Gasteiger partial charge in [-0.1, -0.05) is 0 Å². The van der Waals surface area contributed by atoms with E-state index in [2.05, 4.69) is 5.10 Å². The van der Waals surface area contributed by atoms with Crippen molar-refractivity contribution >= 4 is 5.69 Å². The summed E-state index contributed by atoms with van der Waals surface area (Å²) in [5, 5.41) is 3.73. The molecular formula is C10H8F3N3. The summed E-state index contributed by atoms with van der Waals surface area (Å²) in [7, 11) is 0. The number of hydrogen-bond acceptors (Lipinski definition) is 2. The summed E-state index contributed by atoms with van der Waals surface area (Å²) >= 11 is 0. The first-order valence-corrected chi connectivity index (χ1v) is 4.45. The summed E-state index contributed by atoms with van der Waals surface area (Å²) in [5.41, 5.74) is 5.77. The maximum atomic E-state index is 13.4. The van der Waals surface area contributed by atoms with E-state index < -0.39 is 23.1 Å². The normalized spacial score (nSPS) is 10.8. The Morgan fingerprint density at radius 1 is 1.19 bits per heavy atom. The SMILES string of the molecule is Cc1c(N)cnn1-c1c(F)cc(F)cc1F. The molecule has 0 atom stereocenters. The lowest BCUT2D eigenvalue weighted by Crippen LogP contribution is -2.06. The van der Waals surface area contributed by atoms with Gasteiger partial charge in [0.1, 0.15) is 11.5 Å². The smallest absolute Gasteiger partial charge is 0.154 e. The van der Waals surface area contributed by atoms with Crippen molar-refractivity contribution in [3.8, 4) is 5.69 Å². The van der Waals surface area contributed by atoms with Gasteiger partial charge in [-0.3, -0.25) is 0 Å². The van der Waals surface area contributed by atoms with Crippen molar-refractivity contribution in [2.45, 2.75) is 6.92 Å². The minimum Gasteiger partial charge on any atom is -0.396 e. The molecule has 0 fully saturated rings. The highest BCUT2D eigenvalue weighted by molar-refractivity contribution is 5.46. The van der Waals surface area contributed by atoms with Crippen LogP contribution in [0.2, 0.25) is 0 Å². The molecule has 0 aliphatic heterocycles. The maximum absolute atomic E-state index is 13.4. The van der Waals surface area contributed by atoms with Crippen LogP contribution in [0.25, 0.3) is 5.69 Å². The second-order valence-corrected chi connectivity index (χ2v) is 3.32. The van der Waals surface area contributed by atoms with E-state index in [9.17, 15) is 13.2 Å². The Morgan fingerprint density at radius 3 is 2.19 bits per heavy atom. The van der Waals surface area contributed by atoms with Gasteiger partial charge in [-0.15, -0.1) is 0 Å². The molecule has 3 nitrogen and oxygen atoms in total. The van der Waals surface area contributed by atoms with Crippen LogP contribution in [-0.2, 0) is 0 Å². The summed E-state index contributed by atoms with van der Waals surface area (Å²) in [6.07, 6.45) is 1.28. The molecule has 0 radical (unpaired) electrons. The fourth-order valence-electron chi connectivity index (χ4n) is 1.38. The molecule has 0 amide bonds. The summed E-state index contributed by atoms with van der Waals surface area (Å²) in [6.45, 7) is 1.56. The Kier molecular flexibility index (Phi) is 2.34. The summed E-state index contributed by atoms with van der Waals surface area (Å²) < 4.78 is 40.5. The van der Waals surface area contributed by atoms with E-state index in [0.29, 0.717) is 23.5 Å². The molecule has 0 saturated carbocycles. The van der Waals surface area contributed by atoms with Crippen LogP contribution < -0.4 is 5.73 Å². The van der Waals surface area contributed by atoms with Crippen molar-refractivity contribution in [3.63, 3.8) is 0 Å². The molecular weight excluding hydrogens is 219 g/mol. The topological polar surface area (TPSA) is 43.8 Å². The van der Waals surface area contributed by atoms with Crippen LogP contribution in [0.3, 0.4) is 0 Å². The highest BCUT2D eigenvalue weighted by Crippen LogP contribution is 2.22. The van der Waals surface area contributed by atoms with Gasteiger partial charge in [-0.05, 0) is 6.92 Å². The lowest BCUT2D eigenvalue weighted by Gasteiger charge is -2.07. The van der Waals surface area contributed by atoms with Crippen LogP contribution in [0.5, 0.6) is 0 Å². The average molecular weight is 227 g/mol. The van der Waals surface area contributed by atoms with Crippen molar-refractivity contribution in [2.75, 3.05) is 5.73 Å². The predicted octanol–water partition coefficient (Wildman–Crippen LogP) is 2.18. The number of halogens is 3. The van der Waals surface area contributed by atoms with E-state index in [1.807, 2.05) is 0 Å². The van der Waals surface area contributed by atoms with Gasteiger partial charge in [0, 0.05) is 12.1 Å². The standard InChI is InChI=1S/C10H8F3N3/c1-5-9(14)4-15-16(5)10-7(12)2-6(11)3-8(10)13/h2-4H,14H2,1H3. The molecule has 0 aliphatic carbocycles. The van der Waals surface area contributed by atoms with Crippen molar-refractivity contribution in [2.24, 2.45) is 0 Å². The zero-order valence-corrected chi connectivity index (χ0v) is 8.34. The monoisotopic (exact) mass is 227 g/mol. The van der Waals surface area contributed by atoms with Gasteiger partial charge < -0.3 is 5.73 Å². The third-order valence-corrected chi connectivity index (χ3v) is 2.24. The zero-order chi connectivity index (χ0) is 11.9. The first-order chi connectivity index (χ1) is 7.50. The second-order valence-electron chi connectivity index (χ2n) is 3.32. The van der Waals surface area contributed by atoms with Crippen molar-refractivity contribution in [1.82, 2.24) is 9.78 Å². The Balaban J connectivity index is 2.69. The number of benzene rings is 1. The number of nitrogens with two attached hydrogens (primary N) is 1. The Morgan fingerprint density at radius 2 is 1.75 bits per heavy atom. The number of nitrogen functional groups attached to an aromatic ring is 1. The van der Waals surface area contributed by atoms with Gasteiger partial charge in [0.05, 0.1) is 17.6 Å². The maximum Gasteiger partial charge on any atom is 0.154 e. The van der Waals surface area contributed by atoms with Crippen molar-refractivity contribution < 1.29 is 13.2 Å². The molecule has 0 bridgehead atoms. The quantitative estimate of drug-likeness (QED) is 0.811. The van der Waals surface area contributed by atoms with Gasteiger partial charge >= 0.3 is 0 Å². The van der Waals surface area contributed by atoms with Crippen LogP contribution >= 0.6 is 0 Å². The van der Waals surface area contributed by atoms with Crippen LogP contribution in [0.4, 0.5) is 18.9 Å². The van der Waals surface area contributed by atoms with E-state index in [0.717, 1.165) is 4.68 Å². The number of rotatable bonds is 1. The number of anilines is 1. The second kappa shape index (κ2) is 3.55. The van der Waals surface area contributed by atoms with Crippen LogP contribution in [0.15, 0.2) is 18.3 Å². The van der Waals surface area contributed by atoms with Crippen LogP contribution in [-0.4, -0.2) is 9.78 Å². The fraction of sp³-hybridized carbons (Fsp3) is 0.100. The Labute approximate surface area is 89.3 Å². The summed E-state index contributed by atoms with van der Waals surface area (Å²) in [4.78, 5) is 0. The van der Waals surface area contributed by atoms with Gasteiger partial charge in [-0.2, -0.15) is 5.10 Å². The molecule has 2 N–H and O–H groups in total. The predicted molar refractivity (Wildman–Crippen MR) is 52.6 cm³/mol. The summed E-state index contributed by atoms with van der Waals surface area (Å²) in [6, 6.07) is 1.19. The van der Waals surface area contributed by atoms with Crippen LogP contribution in [0, 0.1) is 24.4 Å². The summed E-state index contributed by atoms with van der Waals surface area (Å²) in [5.74, 6) is -3.02. The van der Waals surface area contributed by atoms with Gasteiger partial charge in [0.2, 0.25) is 0 Å². The first kappa shape index (κ1) is 10.5. The van der Waals surface area contributed by atoms with Gasteiger partial charge in [0.25, 0.3) is 0 Å². The van der Waals surface area contributed by atoms with E-state index >= 15 is 0 Å². The van der Waals surface area contributed by atoms with Crippen LogP contribution in [0.1, 0.15) is 5.69 Å². The molecule has 6 heteroatoms. The molecule has 1 aromatic carbocycles. The van der Waals surface area contributed by atoms with E-state index in [1.54, 1.807) is 6.92 Å². The first-order valence-electron chi connectivity index (χ1n) is 4.45. The van der Waals surface area contributed by atoms with E-state index in [4.69, 9.17) is 5.73 Å². The molecule has 1 heterocycles. The van der Waals surface area contributed by atoms with Gasteiger partial charge in [-0.25, -0.2) is 17.9 Å². The van der Waals surface area contributed by atoms with Gasteiger partial charge in [0.15, 0.2) is 11.6 Å². The number of hydrogen-bond donors (Lipinski definition) is 1. The molecule has 0 aliphatic rings. The Hall–Kier alpha value is -1.98. The number of aromatic nitrogens is 2. The fourth-order valence-corrected chi connectivity index (χ4v) is 1.38. The molecule has 0 unspecified atom stereocenters. The highest BCUT2D eigenvalue weighted by Gasteiger charge is 2.16.